The number of fused-ring (bicyclic) bond motifs is 1. The average molecular weight is 200 g/mol. The highest BCUT2D eigenvalue weighted by molar-refractivity contribution is 7.82. The minimum atomic E-state index is 0.514. The van der Waals surface area contributed by atoms with Gasteiger partial charge in [-0.3, -0.25) is 0 Å². The van der Waals surface area contributed by atoms with Gasteiger partial charge in [0.25, 0.3) is 0 Å². The third-order valence-electron chi connectivity index (χ3n) is 2.66. The van der Waals surface area contributed by atoms with Crippen LogP contribution in [0.4, 0.5) is 0 Å². The number of nitrogens with one attached hydrogen (secondary N) is 2. The van der Waals surface area contributed by atoms with E-state index < -0.39 is 0 Å². The molecule has 1 saturated carbocycles. The zero-order valence-corrected chi connectivity index (χ0v) is 8.43. The van der Waals surface area contributed by atoms with Gasteiger partial charge in [-0.25, -0.2) is 0 Å². The summed E-state index contributed by atoms with van der Waals surface area (Å²) >= 11 is 10.3. The van der Waals surface area contributed by atoms with E-state index in [0.717, 1.165) is 4.99 Å². The lowest BCUT2D eigenvalue weighted by molar-refractivity contribution is 0.346. The second kappa shape index (κ2) is 3.26. The van der Waals surface area contributed by atoms with Crippen molar-refractivity contribution in [3.05, 3.63) is 0 Å². The van der Waals surface area contributed by atoms with Crippen LogP contribution in [0.25, 0.3) is 0 Å². The van der Waals surface area contributed by atoms with Crippen LogP contribution in [0, 0.1) is 5.92 Å². The molecule has 2 fully saturated rings. The lowest BCUT2D eigenvalue weighted by Gasteiger charge is -2.37. The maximum Gasteiger partial charge on any atom is 0.171 e. The Hall–Kier alpha value is -0.220. The topological polar surface area (TPSA) is 24.1 Å². The van der Waals surface area contributed by atoms with E-state index in [1.165, 1.54) is 25.7 Å². The van der Waals surface area contributed by atoms with E-state index >= 15 is 0 Å². The van der Waals surface area contributed by atoms with Gasteiger partial charge >= 0.3 is 0 Å². The minimum absolute atomic E-state index is 0.514. The van der Waals surface area contributed by atoms with E-state index in [9.17, 15) is 0 Å². The Morgan fingerprint density at radius 2 is 1.92 bits per heavy atom. The molecule has 0 aromatic rings. The van der Waals surface area contributed by atoms with Crippen molar-refractivity contribution in [2.75, 3.05) is 0 Å². The zero-order valence-electron chi connectivity index (χ0n) is 6.80. The Balaban J connectivity index is 2.11. The summed E-state index contributed by atoms with van der Waals surface area (Å²) in [5.74, 6) is 0.528. The molecule has 1 saturated heterocycles. The maximum atomic E-state index is 5.24. The molecule has 0 bridgehead atoms. The quantitative estimate of drug-likeness (QED) is 0.576. The molecule has 0 spiro atoms. The molecule has 0 aromatic carbocycles. The molecule has 12 heavy (non-hydrogen) atoms. The molecule has 1 aliphatic heterocycles. The molecular formula is C8H12N2S2. The normalized spacial score (nSPS) is 35.0. The summed E-state index contributed by atoms with van der Waals surface area (Å²) in [6.45, 7) is 0. The first-order chi connectivity index (χ1) is 5.77. The molecular weight excluding hydrogens is 188 g/mol. The number of thiocarbonyl (C=S) groups is 2. The summed E-state index contributed by atoms with van der Waals surface area (Å²) in [7, 11) is 0. The van der Waals surface area contributed by atoms with Gasteiger partial charge in [0.15, 0.2) is 5.11 Å². The third-order valence-corrected chi connectivity index (χ3v) is 3.28. The van der Waals surface area contributed by atoms with Crippen LogP contribution >= 0.6 is 24.4 Å². The van der Waals surface area contributed by atoms with Gasteiger partial charge in [-0.15, -0.1) is 0 Å². The summed E-state index contributed by atoms with van der Waals surface area (Å²) in [5, 5.41) is 7.02. The smallest absolute Gasteiger partial charge is 0.171 e. The van der Waals surface area contributed by atoms with Crippen LogP contribution in [0.5, 0.6) is 0 Å². The van der Waals surface area contributed by atoms with Gasteiger partial charge in [0.1, 0.15) is 0 Å². The molecule has 2 unspecified atom stereocenters. The Morgan fingerprint density at radius 1 is 1.17 bits per heavy atom. The van der Waals surface area contributed by atoms with E-state index in [1.54, 1.807) is 0 Å². The molecule has 0 amide bonds. The first kappa shape index (κ1) is 8.38. The minimum Gasteiger partial charge on any atom is -0.359 e. The van der Waals surface area contributed by atoms with Gasteiger partial charge in [-0.1, -0.05) is 25.1 Å². The SMILES string of the molecule is S=C1NC(=S)C2CCCCC2N1. The van der Waals surface area contributed by atoms with Crippen molar-refractivity contribution in [2.24, 2.45) is 5.92 Å². The van der Waals surface area contributed by atoms with E-state index in [1.807, 2.05) is 0 Å². The Bertz CT molecular complexity index is 227. The van der Waals surface area contributed by atoms with E-state index in [0.29, 0.717) is 17.1 Å². The van der Waals surface area contributed by atoms with Crippen molar-refractivity contribution in [3.63, 3.8) is 0 Å². The molecule has 2 atom stereocenters. The highest BCUT2D eigenvalue weighted by Gasteiger charge is 2.32. The van der Waals surface area contributed by atoms with Crippen molar-refractivity contribution in [1.82, 2.24) is 10.6 Å². The van der Waals surface area contributed by atoms with Crippen molar-refractivity contribution >= 4 is 34.5 Å². The number of rotatable bonds is 0. The van der Waals surface area contributed by atoms with Crippen LogP contribution in [-0.4, -0.2) is 16.1 Å². The number of hydrogen-bond acceptors (Lipinski definition) is 2. The van der Waals surface area contributed by atoms with Crippen LogP contribution in [-0.2, 0) is 0 Å². The fraction of sp³-hybridized carbons (Fsp3) is 0.750. The maximum absolute atomic E-state index is 5.24. The summed E-state index contributed by atoms with van der Waals surface area (Å²) in [4.78, 5) is 0.948. The molecule has 1 heterocycles. The fourth-order valence-corrected chi connectivity index (χ4v) is 2.74. The molecule has 2 N–H and O–H groups in total. The van der Waals surface area contributed by atoms with Gasteiger partial charge in [0.05, 0.1) is 4.99 Å². The lowest BCUT2D eigenvalue weighted by atomic mass is 9.83. The zero-order chi connectivity index (χ0) is 8.55. The Morgan fingerprint density at radius 3 is 2.75 bits per heavy atom. The molecule has 2 aliphatic rings. The first-order valence-electron chi connectivity index (χ1n) is 4.39. The third kappa shape index (κ3) is 1.45. The van der Waals surface area contributed by atoms with Gasteiger partial charge in [0, 0.05) is 12.0 Å². The van der Waals surface area contributed by atoms with Gasteiger partial charge < -0.3 is 10.6 Å². The molecule has 2 rings (SSSR count). The monoisotopic (exact) mass is 200 g/mol. The molecule has 0 aromatic heterocycles. The van der Waals surface area contributed by atoms with E-state index in [-0.39, 0.29) is 0 Å². The van der Waals surface area contributed by atoms with Gasteiger partial charge in [0.2, 0.25) is 0 Å². The fourth-order valence-electron chi connectivity index (χ4n) is 2.03. The average Bonchev–Trinajstić information content (AvgIpc) is 2.04. The van der Waals surface area contributed by atoms with Gasteiger partial charge in [-0.05, 0) is 25.1 Å². The van der Waals surface area contributed by atoms with Crippen LogP contribution < -0.4 is 10.6 Å². The summed E-state index contributed by atoms with van der Waals surface area (Å²) in [6, 6.07) is 0.514. The predicted molar refractivity (Wildman–Crippen MR) is 57.2 cm³/mol. The van der Waals surface area contributed by atoms with Crippen LogP contribution in [0.2, 0.25) is 0 Å². The number of hydrogen-bond donors (Lipinski definition) is 2. The highest BCUT2D eigenvalue weighted by Crippen LogP contribution is 2.26. The van der Waals surface area contributed by atoms with E-state index in [4.69, 9.17) is 24.4 Å². The van der Waals surface area contributed by atoms with Crippen molar-refractivity contribution < 1.29 is 0 Å². The predicted octanol–water partition coefficient (Wildman–Crippen LogP) is 1.35. The highest BCUT2D eigenvalue weighted by atomic mass is 32.1. The standard InChI is InChI=1S/C8H12N2S2/c11-7-5-3-1-2-4-6(5)9-8(12)10-7/h5-6H,1-4H2,(H2,9,10,11,12). The first-order valence-corrected chi connectivity index (χ1v) is 5.20. The Labute approximate surface area is 83.1 Å². The van der Waals surface area contributed by atoms with Crippen molar-refractivity contribution in [3.8, 4) is 0 Å². The summed E-state index contributed by atoms with van der Waals surface area (Å²) in [5.41, 5.74) is 0. The molecule has 2 nitrogen and oxygen atoms in total. The molecule has 1 aliphatic carbocycles. The lowest BCUT2D eigenvalue weighted by Crippen LogP contribution is -2.58. The van der Waals surface area contributed by atoms with Crippen molar-refractivity contribution in [2.45, 2.75) is 31.7 Å². The van der Waals surface area contributed by atoms with Crippen LogP contribution in [0.15, 0.2) is 0 Å². The summed E-state index contributed by atoms with van der Waals surface area (Å²) in [6.07, 6.45) is 5.04. The van der Waals surface area contributed by atoms with Crippen LogP contribution in [0.3, 0.4) is 0 Å². The second-order valence-electron chi connectivity index (χ2n) is 3.46. The second-order valence-corrected chi connectivity index (χ2v) is 4.31. The summed E-state index contributed by atoms with van der Waals surface area (Å²) < 4.78 is 0. The van der Waals surface area contributed by atoms with Crippen LogP contribution in [0.1, 0.15) is 25.7 Å². The van der Waals surface area contributed by atoms with Gasteiger partial charge in [-0.2, -0.15) is 0 Å². The Kier molecular flexibility index (Phi) is 2.28. The van der Waals surface area contributed by atoms with E-state index in [2.05, 4.69) is 10.6 Å². The molecule has 66 valence electrons. The largest absolute Gasteiger partial charge is 0.359 e. The van der Waals surface area contributed by atoms with Crippen molar-refractivity contribution in [1.29, 1.82) is 0 Å². The molecule has 4 heteroatoms. The molecule has 0 radical (unpaired) electrons.